The summed E-state index contributed by atoms with van der Waals surface area (Å²) in [6.07, 6.45) is -2.35. The maximum Gasteiger partial charge on any atom is 0.416 e. The minimum absolute atomic E-state index is 0.264. The number of aromatic nitrogens is 1. The van der Waals surface area contributed by atoms with Crippen LogP contribution in [0.1, 0.15) is 26.3 Å². The smallest absolute Gasteiger partial charge is 0.416 e. The number of halogens is 3. The van der Waals surface area contributed by atoms with Crippen molar-refractivity contribution in [2.75, 3.05) is 31.1 Å². The Morgan fingerprint density at radius 1 is 1.11 bits per heavy atom. The first-order valence-corrected chi connectivity index (χ1v) is 8.87. The Bertz CT molecular complexity index is 821. The first kappa shape index (κ1) is 20.0. The van der Waals surface area contributed by atoms with Gasteiger partial charge in [-0.3, -0.25) is 0 Å². The first-order chi connectivity index (χ1) is 13.0. The number of piperazine rings is 1. The lowest BCUT2D eigenvalue weighted by Crippen LogP contribution is -2.50. The van der Waals surface area contributed by atoms with E-state index in [0.29, 0.717) is 37.4 Å². The predicted molar refractivity (Wildman–Crippen MR) is 97.0 cm³/mol. The minimum Gasteiger partial charge on any atom is -0.444 e. The number of nitrogens with zero attached hydrogens (tertiary/aromatic N) is 3. The molecule has 1 aromatic heterocycles. The van der Waals surface area contributed by atoms with E-state index in [0.717, 1.165) is 12.1 Å². The van der Waals surface area contributed by atoms with Crippen molar-refractivity contribution in [3.63, 3.8) is 0 Å². The van der Waals surface area contributed by atoms with Crippen LogP contribution in [0.2, 0.25) is 0 Å². The number of oxazole rings is 1. The van der Waals surface area contributed by atoms with E-state index >= 15 is 0 Å². The highest BCUT2D eigenvalue weighted by Crippen LogP contribution is 2.36. The molecule has 1 amide bonds. The van der Waals surface area contributed by atoms with Crippen LogP contribution in [0, 0.1) is 0 Å². The van der Waals surface area contributed by atoms with Gasteiger partial charge in [0.1, 0.15) is 5.60 Å². The average Bonchev–Trinajstić information content (AvgIpc) is 3.14. The third-order valence-corrected chi connectivity index (χ3v) is 4.26. The van der Waals surface area contributed by atoms with Gasteiger partial charge in [-0.2, -0.15) is 13.2 Å². The lowest BCUT2D eigenvalue weighted by Gasteiger charge is -2.37. The highest BCUT2D eigenvalue weighted by molar-refractivity contribution is 5.69. The van der Waals surface area contributed by atoms with E-state index in [9.17, 15) is 18.0 Å². The van der Waals surface area contributed by atoms with Gasteiger partial charge in [-0.15, -0.1) is 0 Å². The summed E-state index contributed by atoms with van der Waals surface area (Å²) in [4.78, 5) is 19.3. The second kappa shape index (κ2) is 7.37. The quantitative estimate of drug-likeness (QED) is 0.751. The summed E-state index contributed by atoms with van der Waals surface area (Å²) in [7, 11) is 0. The van der Waals surface area contributed by atoms with Crippen LogP contribution in [0.3, 0.4) is 0 Å². The van der Waals surface area contributed by atoms with E-state index < -0.39 is 23.4 Å². The highest BCUT2D eigenvalue weighted by atomic mass is 19.4. The molecule has 0 atom stereocenters. The summed E-state index contributed by atoms with van der Waals surface area (Å²) in [6, 6.07) is 3.79. The Hall–Kier alpha value is -2.71. The molecule has 0 spiro atoms. The summed E-state index contributed by atoms with van der Waals surface area (Å²) >= 11 is 0. The summed E-state index contributed by atoms with van der Waals surface area (Å²) in [5.41, 5.74) is -0.630. The number of carbonyl (C=O) groups excluding carboxylic acids is 1. The van der Waals surface area contributed by atoms with Gasteiger partial charge in [-0.1, -0.05) is 0 Å². The van der Waals surface area contributed by atoms with Crippen LogP contribution in [0.5, 0.6) is 0 Å². The normalized spacial score (nSPS) is 15.6. The number of anilines is 1. The topological polar surface area (TPSA) is 58.8 Å². The Labute approximate surface area is 160 Å². The maximum atomic E-state index is 13.3. The second-order valence-electron chi connectivity index (χ2n) is 7.59. The van der Waals surface area contributed by atoms with Gasteiger partial charge in [-0.25, -0.2) is 9.78 Å². The van der Waals surface area contributed by atoms with Crippen LogP contribution in [-0.4, -0.2) is 47.8 Å². The molecule has 0 bridgehead atoms. The average molecular weight is 397 g/mol. The van der Waals surface area contributed by atoms with Gasteiger partial charge < -0.3 is 19.0 Å². The van der Waals surface area contributed by atoms with Crippen LogP contribution in [-0.2, 0) is 10.9 Å². The molecule has 28 heavy (non-hydrogen) atoms. The summed E-state index contributed by atoms with van der Waals surface area (Å²) in [6.45, 7) is 6.89. The number of hydrogen-bond acceptors (Lipinski definition) is 5. The summed E-state index contributed by atoms with van der Waals surface area (Å²) < 4.78 is 50.6. The number of alkyl halides is 3. The van der Waals surface area contributed by atoms with Crippen LogP contribution < -0.4 is 4.90 Å². The fraction of sp³-hybridized carbons (Fsp3) is 0.474. The first-order valence-electron chi connectivity index (χ1n) is 8.87. The van der Waals surface area contributed by atoms with Gasteiger partial charge >= 0.3 is 12.3 Å². The van der Waals surface area contributed by atoms with Gasteiger partial charge in [0.15, 0.2) is 12.2 Å². The van der Waals surface area contributed by atoms with E-state index in [-0.39, 0.29) is 5.76 Å². The third kappa shape index (κ3) is 4.76. The van der Waals surface area contributed by atoms with Crippen molar-refractivity contribution in [2.24, 2.45) is 0 Å². The van der Waals surface area contributed by atoms with E-state index in [1.807, 2.05) is 4.90 Å². The molecule has 9 heteroatoms. The molecule has 2 heterocycles. The van der Waals surface area contributed by atoms with Crippen LogP contribution in [0.4, 0.5) is 23.7 Å². The molecule has 1 aliphatic rings. The van der Waals surface area contributed by atoms with Gasteiger partial charge in [-0.05, 0) is 39.0 Å². The van der Waals surface area contributed by atoms with Crippen molar-refractivity contribution in [3.05, 3.63) is 36.4 Å². The molecule has 0 saturated carbocycles. The van der Waals surface area contributed by atoms with E-state index in [1.165, 1.54) is 12.6 Å². The van der Waals surface area contributed by atoms with Crippen molar-refractivity contribution in [1.29, 1.82) is 0 Å². The highest BCUT2D eigenvalue weighted by Gasteiger charge is 2.33. The molecule has 0 N–H and O–H groups in total. The second-order valence-corrected chi connectivity index (χ2v) is 7.59. The van der Waals surface area contributed by atoms with Crippen molar-refractivity contribution in [3.8, 4) is 11.3 Å². The monoisotopic (exact) mass is 397 g/mol. The summed E-state index contributed by atoms with van der Waals surface area (Å²) in [5, 5.41) is 0. The van der Waals surface area contributed by atoms with Crippen LogP contribution in [0.25, 0.3) is 11.3 Å². The number of amides is 1. The number of rotatable bonds is 2. The number of carbonyl (C=O) groups is 1. The molecule has 2 aromatic rings. The molecular formula is C19H22F3N3O3. The Balaban J connectivity index is 1.79. The summed E-state index contributed by atoms with van der Waals surface area (Å²) in [5.74, 6) is 0.264. The van der Waals surface area contributed by atoms with Gasteiger partial charge in [0.2, 0.25) is 0 Å². The molecule has 0 unspecified atom stereocenters. The van der Waals surface area contributed by atoms with Crippen LogP contribution in [0.15, 0.2) is 35.2 Å². The van der Waals surface area contributed by atoms with Crippen LogP contribution >= 0.6 is 0 Å². The molecule has 1 aromatic carbocycles. The molecule has 1 fully saturated rings. The van der Waals surface area contributed by atoms with E-state index in [1.54, 1.807) is 31.7 Å². The van der Waals surface area contributed by atoms with Crippen molar-refractivity contribution in [2.45, 2.75) is 32.5 Å². The van der Waals surface area contributed by atoms with Crippen molar-refractivity contribution in [1.82, 2.24) is 9.88 Å². The maximum absolute atomic E-state index is 13.3. The zero-order valence-electron chi connectivity index (χ0n) is 15.9. The molecule has 0 radical (unpaired) electrons. The molecular weight excluding hydrogens is 375 g/mol. The van der Waals surface area contributed by atoms with Crippen molar-refractivity contribution >= 4 is 11.8 Å². The van der Waals surface area contributed by atoms with Gasteiger partial charge in [0, 0.05) is 37.4 Å². The molecule has 1 aliphatic heterocycles. The van der Waals surface area contributed by atoms with Crippen molar-refractivity contribution < 1.29 is 27.1 Å². The zero-order chi connectivity index (χ0) is 20.5. The molecule has 152 valence electrons. The Morgan fingerprint density at radius 2 is 1.79 bits per heavy atom. The predicted octanol–water partition coefficient (Wildman–Crippen LogP) is 4.42. The third-order valence-electron chi connectivity index (χ3n) is 4.26. The molecule has 1 saturated heterocycles. The lowest BCUT2D eigenvalue weighted by atomic mass is 10.1. The molecule has 6 nitrogen and oxygen atoms in total. The minimum atomic E-state index is -4.48. The number of hydrogen-bond donors (Lipinski definition) is 0. The lowest BCUT2D eigenvalue weighted by molar-refractivity contribution is -0.137. The van der Waals surface area contributed by atoms with E-state index in [4.69, 9.17) is 9.15 Å². The largest absolute Gasteiger partial charge is 0.444 e. The fourth-order valence-corrected chi connectivity index (χ4v) is 2.93. The SMILES string of the molecule is CC(C)(C)OC(=O)N1CCN(c2cc(-c3cnco3)cc(C(F)(F)F)c2)CC1. The number of ether oxygens (including phenoxy) is 1. The molecule has 0 aliphatic carbocycles. The Kier molecular flexibility index (Phi) is 5.27. The van der Waals surface area contributed by atoms with Gasteiger partial charge in [0.25, 0.3) is 0 Å². The Morgan fingerprint density at radius 3 is 2.32 bits per heavy atom. The van der Waals surface area contributed by atoms with Gasteiger partial charge in [0.05, 0.1) is 11.8 Å². The fourth-order valence-electron chi connectivity index (χ4n) is 2.93. The zero-order valence-corrected chi connectivity index (χ0v) is 15.9. The van der Waals surface area contributed by atoms with E-state index in [2.05, 4.69) is 4.98 Å². The molecule has 3 rings (SSSR count). The standard InChI is InChI=1S/C19H22F3N3O3/c1-18(2,3)28-17(26)25-6-4-24(5-7-25)15-9-13(16-11-23-12-27-16)8-14(10-15)19(20,21)22/h8-12H,4-7H2,1-3H3. The number of benzene rings is 1.